The molecule has 0 aromatic carbocycles. The van der Waals surface area contributed by atoms with Gasteiger partial charge in [0.15, 0.2) is 0 Å². The fraction of sp³-hybridized carbons (Fsp3) is 1.00. The monoisotopic (exact) mass is 239 g/mol. The normalized spacial score (nSPS) is 35.6. The lowest BCUT2D eigenvalue weighted by Crippen LogP contribution is -2.49. The summed E-state index contributed by atoms with van der Waals surface area (Å²) in [6.45, 7) is 8.70. The van der Waals surface area contributed by atoms with Crippen molar-refractivity contribution >= 4 is 0 Å². The minimum atomic E-state index is 0.564. The van der Waals surface area contributed by atoms with Crippen LogP contribution in [0.1, 0.15) is 32.6 Å². The van der Waals surface area contributed by atoms with Crippen LogP contribution in [0.15, 0.2) is 0 Å². The van der Waals surface area contributed by atoms with E-state index in [0.717, 1.165) is 6.04 Å². The summed E-state index contributed by atoms with van der Waals surface area (Å²) in [4.78, 5) is 5.11. The molecule has 0 aromatic rings. The van der Waals surface area contributed by atoms with Crippen LogP contribution in [0, 0.1) is 5.41 Å². The molecule has 0 amide bonds. The van der Waals surface area contributed by atoms with E-state index in [2.05, 4.69) is 36.1 Å². The largest absolute Gasteiger partial charge is 0.316 e. The van der Waals surface area contributed by atoms with Crippen molar-refractivity contribution < 1.29 is 0 Å². The molecular weight excluding hydrogens is 210 g/mol. The van der Waals surface area contributed by atoms with Crippen molar-refractivity contribution in [2.45, 2.75) is 38.6 Å². The summed E-state index contributed by atoms with van der Waals surface area (Å²) in [7, 11) is 4.45. The molecule has 2 unspecified atom stereocenters. The molecule has 0 spiro atoms. The van der Waals surface area contributed by atoms with Gasteiger partial charge < -0.3 is 15.1 Å². The molecule has 2 rings (SSSR count). The quantitative estimate of drug-likeness (QED) is 0.800. The predicted molar refractivity (Wildman–Crippen MR) is 73.4 cm³/mol. The topological polar surface area (TPSA) is 18.5 Å². The molecule has 0 aliphatic carbocycles. The smallest absolute Gasteiger partial charge is 0.0217 e. The molecule has 0 radical (unpaired) electrons. The highest BCUT2D eigenvalue weighted by Gasteiger charge is 2.35. The van der Waals surface area contributed by atoms with Gasteiger partial charge in [0.1, 0.15) is 0 Å². The van der Waals surface area contributed by atoms with Crippen LogP contribution in [-0.4, -0.2) is 62.7 Å². The van der Waals surface area contributed by atoms with Crippen molar-refractivity contribution in [3.05, 3.63) is 0 Å². The van der Waals surface area contributed by atoms with Crippen molar-refractivity contribution in [3.8, 4) is 0 Å². The first kappa shape index (κ1) is 13.3. The number of nitrogens with zero attached hydrogens (tertiary/aromatic N) is 2. The Morgan fingerprint density at radius 1 is 1.41 bits per heavy atom. The predicted octanol–water partition coefficient (Wildman–Crippen LogP) is 1.40. The molecule has 0 bridgehead atoms. The van der Waals surface area contributed by atoms with Gasteiger partial charge in [0.2, 0.25) is 0 Å². The number of hydrogen-bond donors (Lipinski definition) is 1. The molecule has 2 aliphatic heterocycles. The standard InChI is InChI=1S/C14H29N3/c1-4-14(7-8-15-11-14)12-17-9-5-6-13(10-17)16(2)3/h13,15H,4-12H2,1-3H3. The summed E-state index contributed by atoms with van der Waals surface area (Å²) in [5, 5.41) is 3.55. The first-order chi connectivity index (χ1) is 8.15. The highest BCUT2D eigenvalue weighted by Crippen LogP contribution is 2.31. The molecule has 2 heterocycles. The molecule has 3 heteroatoms. The maximum atomic E-state index is 3.55. The fourth-order valence-corrected chi connectivity index (χ4v) is 3.41. The SMILES string of the molecule is CCC1(CN2CCCC(N(C)C)C2)CCNC1. The highest BCUT2D eigenvalue weighted by molar-refractivity contribution is 4.91. The maximum Gasteiger partial charge on any atom is 0.0217 e. The molecule has 0 aromatic heterocycles. The molecule has 2 aliphatic rings. The van der Waals surface area contributed by atoms with E-state index in [-0.39, 0.29) is 0 Å². The van der Waals surface area contributed by atoms with E-state index in [1.54, 1.807) is 0 Å². The molecule has 1 N–H and O–H groups in total. The minimum Gasteiger partial charge on any atom is -0.316 e. The zero-order chi connectivity index (χ0) is 12.3. The first-order valence-electron chi connectivity index (χ1n) is 7.25. The number of likely N-dealkylation sites (N-methyl/N-ethyl adjacent to an activating group) is 1. The van der Waals surface area contributed by atoms with E-state index in [1.807, 2.05) is 0 Å². The average molecular weight is 239 g/mol. The van der Waals surface area contributed by atoms with E-state index >= 15 is 0 Å². The Hall–Kier alpha value is -0.120. The second-order valence-electron chi connectivity index (χ2n) is 6.28. The Labute approximate surface area is 107 Å². The van der Waals surface area contributed by atoms with Gasteiger partial charge in [0.25, 0.3) is 0 Å². The van der Waals surface area contributed by atoms with Gasteiger partial charge in [-0.1, -0.05) is 6.92 Å². The maximum absolute atomic E-state index is 3.55. The average Bonchev–Trinajstić information content (AvgIpc) is 2.78. The third kappa shape index (κ3) is 3.21. The van der Waals surface area contributed by atoms with E-state index in [9.17, 15) is 0 Å². The lowest BCUT2D eigenvalue weighted by atomic mass is 9.83. The number of nitrogens with one attached hydrogen (secondary N) is 1. The number of likely N-dealkylation sites (tertiary alicyclic amines) is 1. The van der Waals surface area contributed by atoms with Crippen LogP contribution < -0.4 is 5.32 Å². The van der Waals surface area contributed by atoms with Crippen LogP contribution >= 0.6 is 0 Å². The summed E-state index contributed by atoms with van der Waals surface area (Å²) >= 11 is 0. The minimum absolute atomic E-state index is 0.564. The van der Waals surface area contributed by atoms with Crippen LogP contribution in [-0.2, 0) is 0 Å². The summed E-state index contributed by atoms with van der Waals surface area (Å²) in [6.07, 6.45) is 5.44. The van der Waals surface area contributed by atoms with Gasteiger partial charge >= 0.3 is 0 Å². The zero-order valence-electron chi connectivity index (χ0n) is 11.8. The van der Waals surface area contributed by atoms with Gasteiger partial charge in [-0.2, -0.15) is 0 Å². The molecule has 2 atom stereocenters. The Morgan fingerprint density at radius 3 is 2.82 bits per heavy atom. The van der Waals surface area contributed by atoms with Crippen LogP contribution in [0.5, 0.6) is 0 Å². The van der Waals surface area contributed by atoms with Crippen molar-refractivity contribution in [3.63, 3.8) is 0 Å². The second kappa shape index (κ2) is 5.68. The van der Waals surface area contributed by atoms with Gasteiger partial charge in [-0.3, -0.25) is 0 Å². The summed E-state index contributed by atoms with van der Waals surface area (Å²) in [5.41, 5.74) is 0.564. The molecule has 2 fully saturated rings. The third-order valence-electron chi connectivity index (χ3n) is 4.85. The van der Waals surface area contributed by atoms with Crippen LogP contribution in [0.3, 0.4) is 0 Å². The van der Waals surface area contributed by atoms with Gasteiger partial charge in [0, 0.05) is 25.7 Å². The first-order valence-corrected chi connectivity index (χ1v) is 7.25. The number of rotatable bonds is 4. The molecule has 17 heavy (non-hydrogen) atoms. The Balaban J connectivity index is 1.89. The van der Waals surface area contributed by atoms with Gasteiger partial charge in [-0.15, -0.1) is 0 Å². The zero-order valence-corrected chi connectivity index (χ0v) is 11.8. The van der Waals surface area contributed by atoms with Crippen LogP contribution in [0.4, 0.5) is 0 Å². The summed E-state index contributed by atoms with van der Waals surface area (Å²) in [5.74, 6) is 0. The Kier molecular flexibility index (Phi) is 4.45. The second-order valence-corrected chi connectivity index (χ2v) is 6.28. The van der Waals surface area contributed by atoms with E-state index in [1.165, 1.54) is 58.4 Å². The van der Waals surface area contributed by atoms with Crippen LogP contribution in [0.25, 0.3) is 0 Å². The Morgan fingerprint density at radius 2 is 2.24 bits per heavy atom. The van der Waals surface area contributed by atoms with E-state index in [4.69, 9.17) is 0 Å². The van der Waals surface area contributed by atoms with Crippen LogP contribution in [0.2, 0.25) is 0 Å². The molecule has 100 valence electrons. The van der Waals surface area contributed by atoms with Crippen molar-refractivity contribution in [2.24, 2.45) is 5.41 Å². The van der Waals surface area contributed by atoms with Crippen molar-refractivity contribution in [1.82, 2.24) is 15.1 Å². The molecule has 0 saturated carbocycles. The van der Waals surface area contributed by atoms with E-state index in [0.29, 0.717) is 5.41 Å². The van der Waals surface area contributed by atoms with Gasteiger partial charge in [-0.05, 0) is 58.3 Å². The lowest BCUT2D eigenvalue weighted by Gasteiger charge is -2.40. The Bertz CT molecular complexity index is 234. The van der Waals surface area contributed by atoms with Gasteiger partial charge in [-0.25, -0.2) is 0 Å². The van der Waals surface area contributed by atoms with Crippen molar-refractivity contribution in [2.75, 3.05) is 46.8 Å². The molecule has 3 nitrogen and oxygen atoms in total. The lowest BCUT2D eigenvalue weighted by molar-refractivity contribution is 0.0888. The van der Waals surface area contributed by atoms with E-state index < -0.39 is 0 Å². The summed E-state index contributed by atoms with van der Waals surface area (Å²) < 4.78 is 0. The summed E-state index contributed by atoms with van der Waals surface area (Å²) in [6, 6.07) is 0.770. The molecular formula is C14H29N3. The third-order valence-corrected chi connectivity index (χ3v) is 4.85. The van der Waals surface area contributed by atoms with Gasteiger partial charge in [0.05, 0.1) is 0 Å². The molecule has 2 saturated heterocycles. The van der Waals surface area contributed by atoms with Crippen molar-refractivity contribution in [1.29, 1.82) is 0 Å². The number of piperidine rings is 1. The highest BCUT2D eigenvalue weighted by atomic mass is 15.2. The number of hydrogen-bond acceptors (Lipinski definition) is 3. The fourth-order valence-electron chi connectivity index (χ4n) is 3.41.